The van der Waals surface area contributed by atoms with E-state index in [4.69, 9.17) is 1.12 Å². The topological polar surface area (TPSA) is 0 Å². The summed E-state index contributed by atoms with van der Waals surface area (Å²) in [5, 5.41) is 0. The van der Waals surface area contributed by atoms with E-state index in [1.165, 1.54) is 38.2 Å². The fourth-order valence-corrected chi connectivity index (χ4v) is 0.733. The van der Waals surface area contributed by atoms with Gasteiger partial charge in [-0.15, -0.1) is 0 Å². The summed E-state index contributed by atoms with van der Waals surface area (Å²) in [4.78, 5) is 0. The molecule has 0 aromatic rings. The van der Waals surface area contributed by atoms with Gasteiger partial charge >= 0.3 is 0 Å². The normalized spacial score (nSPS) is 11.3. The van der Waals surface area contributed by atoms with Crippen LogP contribution in [0.2, 0.25) is 0 Å². The molecule has 0 N–H and O–H groups in total. The Balaban J connectivity index is 2.53. The Morgan fingerprint density at radius 3 is 2.86 bits per heavy atom. The summed E-state index contributed by atoms with van der Waals surface area (Å²) in [6, 6.07) is 0. The summed E-state index contributed by atoms with van der Waals surface area (Å²) < 4.78 is 6.75. The maximum absolute atomic E-state index is 6.75. The second-order valence-corrected chi connectivity index (χ2v) is 2.17. The lowest BCUT2D eigenvalue weighted by Gasteiger charge is -1.90. The molecule has 0 fully saturated rings. The van der Waals surface area contributed by atoms with E-state index < -0.39 is 0 Å². The van der Waals surface area contributed by atoms with Crippen LogP contribution in [-0.4, -0.2) is 6.88 Å². The average Bonchev–Trinajstić information content (AvgIpc) is 1.81. The SMILES string of the molecule is [2H]SCCCCCC. The number of unbranched alkanes of at least 4 members (excludes halogenated alkanes) is 3. The summed E-state index contributed by atoms with van der Waals surface area (Å²) >= 11 is 1.20. The van der Waals surface area contributed by atoms with Gasteiger partial charge in [-0.05, 0) is 12.2 Å². The number of rotatable bonds is 5. The van der Waals surface area contributed by atoms with E-state index in [2.05, 4.69) is 6.92 Å². The van der Waals surface area contributed by atoms with Crippen molar-refractivity contribution >= 4 is 12.5 Å². The lowest BCUT2D eigenvalue weighted by Crippen LogP contribution is -1.74. The molecule has 0 atom stereocenters. The molecular formula is C6H14S. The summed E-state index contributed by atoms with van der Waals surface area (Å²) in [5.41, 5.74) is 0. The summed E-state index contributed by atoms with van der Waals surface area (Å²) in [6.07, 6.45) is 5.16. The second kappa shape index (κ2) is 6.35. The van der Waals surface area contributed by atoms with Gasteiger partial charge in [0, 0.05) is 0 Å². The molecule has 0 unspecified atom stereocenters. The molecule has 7 heavy (non-hydrogen) atoms. The molecule has 0 aromatic carbocycles. The standard InChI is InChI=1S/C6H14S/c1-2-3-4-5-6-7/h7H,2-6H2,1H3/i/hD. The van der Waals surface area contributed by atoms with Crippen LogP contribution in [0.1, 0.15) is 32.6 Å². The van der Waals surface area contributed by atoms with Gasteiger partial charge < -0.3 is 0 Å². The van der Waals surface area contributed by atoms with Crippen molar-refractivity contribution in [3.63, 3.8) is 0 Å². The molecule has 0 spiro atoms. The average molecular weight is 119 g/mol. The van der Waals surface area contributed by atoms with E-state index in [-0.39, 0.29) is 0 Å². The Kier molecular flexibility index (Phi) is 4.98. The largest absolute Gasteiger partial charge is 0.179 e. The number of hydrogen-bond acceptors (Lipinski definition) is 1. The van der Waals surface area contributed by atoms with Gasteiger partial charge in [-0.3, -0.25) is 0 Å². The van der Waals surface area contributed by atoms with Gasteiger partial charge in [0.15, 0.2) is 0 Å². The molecule has 0 aliphatic heterocycles. The first-order valence-corrected chi connectivity index (χ1v) is 3.57. The zero-order chi connectivity index (χ0) is 6.24. The van der Waals surface area contributed by atoms with Gasteiger partial charge in [0.05, 0.1) is 0 Å². The highest BCUT2D eigenvalue weighted by atomic mass is 32.1. The highest BCUT2D eigenvalue weighted by Gasteiger charge is 1.80. The minimum absolute atomic E-state index is 1.01. The van der Waals surface area contributed by atoms with Gasteiger partial charge in [0.1, 0.15) is 1.12 Å². The summed E-state index contributed by atoms with van der Waals surface area (Å²) in [5.74, 6) is 1.01. The quantitative estimate of drug-likeness (QED) is 0.417. The van der Waals surface area contributed by atoms with Crippen molar-refractivity contribution in [2.75, 3.05) is 5.75 Å². The van der Waals surface area contributed by atoms with Crippen molar-refractivity contribution in [2.45, 2.75) is 32.6 Å². The van der Waals surface area contributed by atoms with Crippen LogP contribution < -0.4 is 0 Å². The molecule has 0 heterocycles. The van der Waals surface area contributed by atoms with Crippen LogP contribution in [0.15, 0.2) is 0 Å². The fraction of sp³-hybridized carbons (Fsp3) is 1.00. The molecule has 0 nitrogen and oxygen atoms in total. The fourth-order valence-electron chi connectivity index (χ4n) is 0.529. The Morgan fingerprint density at radius 2 is 2.29 bits per heavy atom. The highest BCUT2D eigenvalue weighted by molar-refractivity contribution is 7.80. The summed E-state index contributed by atoms with van der Waals surface area (Å²) in [6.45, 7) is 2.20. The molecule has 0 aliphatic carbocycles. The van der Waals surface area contributed by atoms with Crippen molar-refractivity contribution < 1.29 is 0 Å². The van der Waals surface area contributed by atoms with Crippen LogP contribution in [0.3, 0.4) is 0 Å². The predicted octanol–water partition coefficient (Wildman–Crippen LogP) is 2.50. The smallest absolute Gasteiger partial charge is 0.102 e. The van der Waals surface area contributed by atoms with E-state index >= 15 is 0 Å². The highest BCUT2D eigenvalue weighted by Crippen LogP contribution is 1.98. The Bertz CT molecular complexity index is 33.5. The van der Waals surface area contributed by atoms with Crippen LogP contribution in [0, 0.1) is 0 Å². The first kappa shape index (κ1) is 5.49. The van der Waals surface area contributed by atoms with Crippen molar-refractivity contribution in [2.24, 2.45) is 0 Å². The van der Waals surface area contributed by atoms with Crippen LogP contribution in [0.25, 0.3) is 0 Å². The van der Waals surface area contributed by atoms with Crippen LogP contribution in [0.4, 0.5) is 0 Å². The molecule has 0 saturated carbocycles. The van der Waals surface area contributed by atoms with Gasteiger partial charge in [0.25, 0.3) is 0 Å². The first-order valence-electron chi connectivity index (χ1n) is 3.40. The minimum Gasteiger partial charge on any atom is -0.179 e. The van der Waals surface area contributed by atoms with Crippen molar-refractivity contribution in [3.05, 3.63) is 0 Å². The molecule has 0 aliphatic rings. The Labute approximate surface area is 52.8 Å². The van der Waals surface area contributed by atoms with Gasteiger partial charge in [-0.1, -0.05) is 26.2 Å². The maximum Gasteiger partial charge on any atom is 0.102 e. The molecule has 0 bridgehead atoms. The van der Waals surface area contributed by atoms with Crippen molar-refractivity contribution in [1.82, 2.24) is 0 Å². The monoisotopic (exact) mass is 119 g/mol. The maximum atomic E-state index is 6.75. The van der Waals surface area contributed by atoms with E-state index in [0.29, 0.717) is 0 Å². The second-order valence-electron chi connectivity index (χ2n) is 1.76. The number of thiol groups is 1. The van der Waals surface area contributed by atoms with E-state index in [1.54, 1.807) is 0 Å². The van der Waals surface area contributed by atoms with Crippen molar-refractivity contribution in [3.8, 4) is 0 Å². The van der Waals surface area contributed by atoms with Crippen LogP contribution >= 0.6 is 12.5 Å². The van der Waals surface area contributed by atoms with Gasteiger partial charge in [0.2, 0.25) is 0 Å². The number of hydrogen-bond donors (Lipinski definition) is 1. The Hall–Kier alpha value is 0.350. The van der Waals surface area contributed by atoms with Crippen LogP contribution in [0.5, 0.6) is 0 Å². The van der Waals surface area contributed by atoms with Gasteiger partial charge in [-0.25, -0.2) is 0 Å². The predicted molar refractivity (Wildman–Crippen MR) is 38.0 cm³/mol. The zero-order valence-corrected chi connectivity index (χ0v) is 5.76. The van der Waals surface area contributed by atoms with E-state index in [9.17, 15) is 0 Å². The van der Waals surface area contributed by atoms with E-state index in [1.807, 2.05) is 0 Å². The lowest BCUT2D eigenvalue weighted by molar-refractivity contribution is 0.707. The first-order chi connectivity index (χ1) is 3.91. The molecule has 0 radical (unpaired) electrons. The molecular weight excluding hydrogens is 104 g/mol. The molecule has 44 valence electrons. The van der Waals surface area contributed by atoms with Gasteiger partial charge in [-0.2, -0.15) is 12.5 Å². The third-order valence-corrected chi connectivity index (χ3v) is 1.29. The molecule has 0 amide bonds. The third-order valence-electron chi connectivity index (χ3n) is 0.998. The van der Waals surface area contributed by atoms with Crippen LogP contribution in [-0.2, 0) is 0 Å². The molecule has 1 heteroatoms. The lowest BCUT2D eigenvalue weighted by atomic mass is 10.2. The molecule has 0 rings (SSSR count). The molecule has 0 saturated heterocycles. The van der Waals surface area contributed by atoms with E-state index in [0.717, 1.165) is 5.75 Å². The Morgan fingerprint density at radius 1 is 1.43 bits per heavy atom. The zero-order valence-electron chi connectivity index (χ0n) is 5.94. The van der Waals surface area contributed by atoms with Crippen molar-refractivity contribution in [1.29, 1.82) is 1.12 Å². The minimum atomic E-state index is 1.01. The third kappa shape index (κ3) is 6.35. The summed E-state index contributed by atoms with van der Waals surface area (Å²) in [7, 11) is 0. The molecule has 0 aromatic heterocycles.